The van der Waals surface area contributed by atoms with Gasteiger partial charge in [-0.05, 0) is 41.6 Å². The summed E-state index contributed by atoms with van der Waals surface area (Å²) in [5.41, 5.74) is 3.66. The van der Waals surface area contributed by atoms with E-state index in [1.54, 1.807) is 0 Å². The third-order valence-electron chi connectivity index (χ3n) is 4.29. The summed E-state index contributed by atoms with van der Waals surface area (Å²) < 4.78 is 3.55. The van der Waals surface area contributed by atoms with Crippen LogP contribution in [-0.4, -0.2) is 21.5 Å². The quantitative estimate of drug-likeness (QED) is 0.555. The Labute approximate surface area is 139 Å². The molecule has 0 saturated carbocycles. The molecule has 0 spiro atoms. The molecule has 0 aliphatic carbocycles. The lowest BCUT2D eigenvalue weighted by Crippen LogP contribution is -2.19. The smallest absolute Gasteiger partial charge is 0.123 e. The predicted molar refractivity (Wildman–Crippen MR) is 97.7 cm³/mol. The molecule has 4 aromatic rings. The van der Waals surface area contributed by atoms with Gasteiger partial charge in [-0.1, -0.05) is 30.3 Å². The van der Waals surface area contributed by atoms with E-state index in [4.69, 9.17) is 4.98 Å². The van der Waals surface area contributed by atoms with E-state index in [1.165, 1.54) is 21.2 Å². The molecule has 4 heteroatoms. The zero-order valence-corrected chi connectivity index (χ0v) is 14.2. The molecule has 0 amide bonds. The molecule has 2 aromatic carbocycles. The molecule has 0 N–H and O–H groups in total. The minimum atomic E-state index is 0.843. The first-order valence-electron chi connectivity index (χ1n) is 7.76. The molecule has 2 heterocycles. The number of imidazole rings is 1. The standard InChI is InChI=1S/C19H19N3S/c1-21(11-14-13-23-18-10-6-3-7-15(14)18)12-19-20-16-8-4-5-9-17(16)22(19)2/h3-10,13H,11-12H2,1-2H3. The summed E-state index contributed by atoms with van der Waals surface area (Å²) >= 11 is 1.82. The molecule has 4 rings (SSSR count). The van der Waals surface area contributed by atoms with Gasteiger partial charge in [0, 0.05) is 18.3 Å². The van der Waals surface area contributed by atoms with E-state index >= 15 is 0 Å². The lowest BCUT2D eigenvalue weighted by atomic mass is 10.2. The van der Waals surface area contributed by atoms with Gasteiger partial charge < -0.3 is 4.57 Å². The van der Waals surface area contributed by atoms with Crippen LogP contribution in [0.2, 0.25) is 0 Å². The van der Waals surface area contributed by atoms with Crippen molar-refractivity contribution in [2.24, 2.45) is 7.05 Å². The van der Waals surface area contributed by atoms with Crippen molar-refractivity contribution in [1.82, 2.24) is 14.5 Å². The first-order chi connectivity index (χ1) is 11.2. The fourth-order valence-electron chi connectivity index (χ4n) is 3.08. The van der Waals surface area contributed by atoms with Crippen LogP contribution in [0.15, 0.2) is 53.9 Å². The van der Waals surface area contributed by atoms with Crippen molar-refractivity contribution in [3.05, 3.63) is 65.3 Å². The number of thiophene rings is 1. The van der Waals surface area contributed by atoms with Crippen LogP contribution in [0.25, 0.3) is 21.1 Å². The Bertz CT molecular complexity index is 967. The second kappa shape index (κ2) is 5.80. The van der Waals surface area contributed by atoms with E-state index < -0.39 is 0 Å². The molecule has 0 saturated heterocycles. The van der Waals surface area contributed by atoms with Gasteiger partial charge in [0.1, 0.15) is 5.82 Å². The van der Waals surface area contributed by atoms with E-state index in [0.717, 1.165) is 24.4 Å². The number of nitrogens with zero attached hydrogens (tertiary/aromatic N) is 3. The number of rotatable bonds is 4. The number of para-hydroxylation sites is 2. The minimum Gasteiger partial charge on any atom is -0.330 e. The maximum atomic E-state index is 4.77. The molecule has 3 nitrogen and oxygen atoms in total. The zero-order valence-electron chi connectivity index (χ0n) is 13.4. The van der Waals surface area contributed by atoms with Crippen LogP contribution in [0.5, 0.6) is 0 Å². The number of benzene rings is 2. The molecule has 0 aliphatic heterocycles. The van der Waals surface area contributed by atoms with Crippen LogP contribution < -0.4 is 0 Å². The number of hydrogen-bond acceptors (Lipinski definition) is 3. The Morgan fingerprint density at radius 1 is 1.04 bits per heavy atom. The average Bonchev–Trinajstić information content (AvgIpc) is 3.10. The molecule has 116 valence electrons. The molecule has 0 aliphatic rings. The third-order valence-corrected chi connectivity index (χ3v) is 5.30. The monoisotopic (exact) mass is 321 g/mol. The van der Waals surface area contributed by atoms with Gasteiger partial charge in [0.2, 0.25) is 0 Å². The Morgan fingerprint density at radius 2 is 1.83 bits per heavy atom. The lowest BCUT2D eigenvalue weighted by molar-refractivity contribution is 0.309. The summed E-state index contributed by atoms with van der Waals surface area (Å²) in [7, 11) is 4.25. The predicted octanol–water partition coefficient (Wildman–Crippen LogP) is 4.42. The highest BCUT2D eigenvalue weighted by atomic mass is 32.1. The number of hydrogen-bond donors (Lipinski definition) is 0. The normalized spacial score (nSPS) is 11.8. The summed E-state index contributed by atoms with van der Waals surface area (Å²) in [4.78, 5) is 7.10. The van der Waals surface area contributed by atoms with Crippen molar-refractivity contribution in [3.8, 4) is 0 Å². The zero-order chi connectivity index (χ0) is 15.8. The van der Waals surface area contributed by atoms with E-state index in [-0.39, 0.29) is 0 Å². The Balaban J connectivity index is 1.57. The Kier molecular flexibility index (Phi) is 3.63. The molecule has 0 atom stereocenters. The largest absolute Gasteiger partial charge is 0.330 e. The van der Waals surface area contributed by atoms with Gasteiger partial charge in [-0.3, -0.25) is 4.90 Å². The van der Waals surface area contributed by atoms with Gasteiger partial charge in [-0.2, -0.15) is 0 Å². The lowest BCUT2D eigenvalue weighted by Gasteiger charge is -2.16. The van der Waals surface area contributed by atoms with Crippen LogP contribution in [0.1, 0.15) is 11.4 Å². The second-order valence-corrected chi connectivity index (χ2v) is 6.92. The number of aryl methyl sites for hydroxylation is 1. The summed E-state index contributed by atoms with van der Waals surface area (Å²) in [5.74, 6) is 1.10. The van der Waals surface area contributed by atoms with Gasteiger partial charge >= 0.3 is 0 Å². The summed E-state index contributed by atoms with van der Waals surface area (Å²) in [6.07, 6.45) is 0. The van der Waals surface area contributed by atoms with Gasteiger partial charge in [-0.15, -0.1) is 11.3 Å². The van der Waals surface area contributed by atoms with E-state index in [9.17, 15) is 0 Å². The molecule has 0 radical (unpaired) electrons. The van der Waals surface area contributed by atoms with Crippen molar-refractivity contribution in [1.29, 1.82) is 0 Å². The van der Waals surface area contributed by atoms with Crippen LogP contribution in [0, 0.1) is 0 Å². The molecule has 0 bridgehead atoms. The molecule has 0 fully saturated rings. The second-order valence-electron chi connectivity index (χ2n) is 6.01. The highest BCUT2D eigenvalue weighted by Gasteiger charge is 2.11. The topological polar surface area (TPSA) is 21.1 Å². The van der Waals surface area contributed by atoms with Gasteiger partial charge in [0.15, 0.2) is 0 Å². The molecule has 2 aromatic heterocycles. The van der Waals surface area contributed by atoms with Crippen molar-refractivity contribution >= 4 is 32.5 Å². The highest BCUT2D eigenvalue weighted by Crippen LogP contribution is 2.26. The van der Waals surface area contributed by atoms with Crippen LogP contribution in [0.3, 0.4) is 0 Å². The van der Waals surface area contributed by atoms with E-state index in [1.807, 2.05) is 17.4 Å². The SMILES string of the molecule is CN(Cc1csc2ccccc12)Cc1nc2ccccc2n1C. The summed E-state index contributed by atoms with van der Waals surface area (Å²) in [6.45, 7) is 1.78. The number of fused-ring (bicyclic) bond motifs is 2. The Hall–Kier alpha value is -2.17. The summed E-state index contributed by atoms with van der Waals surface area (Å²) in [5, 5.41) is 3.64. The molecule has 23 heavy (non-hydrogen) atoms. The van der Waals surface area contributed by atoms with Crippen LogP contribution in [-0.2, 0) is 20.1 Å². The van der Waals surface area contributed by atoms with Gasteiger partial charge in [0.05, 0.1) is 17.6 Å². The molecular weight excluding hydrogens is 302 g/mol. The number of aromatic nitrogens is 2. The maximum absolute atomic E-state index is 4.77. The fraction of sp³-hybridized carbons (Fsp3) is 0.211. The van der Waals surface area contributed by atoms with Gasteiger partial charge in [-0.25, -0.2) is 4.98 Å². The highest BCUT2D eigenvalue weighted by molar-refractivity contribution is 7.17. The third kappa shape index (κ3) is 2.64. The van der Waals surface area contributed by atoms with E-state index in [2.05, 4.69) is 71.4 Å². The maximum Gasteiger partial charge on any atom is 0.123 e. The van der Waals surface area contributed by atoms with Crippen molar-refractivity contribution in [3.63, 3.8) is 0 Å². The van der Waals surface area contributed by atoms with Crippen molar-refractivity contribution in [2.45, 2.75) is 13.1 Å². The van der Waals surface area contributed by atoms with Gasteiger partial charge in [0.25, 0.3) is 0 Å². The van der Waals surface area contributed by atoms with Crippen LogP contribution in [0.4, 0.5) is 0 Å². The first kappa shape index (κ1) is 14.4. The van der Waals surface area contributed by atoms with E-state index in [0.29, 0.717) is 0 Å². The average molecular weight is 321 g/mol. The summed E-state index contributed by atoms with van der Waals surface area (Å²) in [6, 6.07) is 16.9. The fourth-order valence-corrected chi connectivity index (χ4v) is 4.03. The van der Waals surface area contributed by atoms with Crippen LogP contribution >= 0.6 is 11.3 Å². The molecular formula is C19H19N3S. The minimum absolute atomic E-state index is 0.843. The first-order valence-corrected chi connectivity index (χ1v) is 8.64. The van der Waals surface area contributed by atoms with Crippen molar-refractivity contribution in [2.75, 3.05) is 7.05 Å². The Morgan fingerprint density at radius 3 is 2.70 bits per heavy atom. The van der Waals surface area contributed by atoms with Crippen molar-refractivity contribution < 1.29 is 0 Å². The molecule has 0 unspecified atom stereocenters.